The van der Waals surface area contributed by atoms with Crippen LogP contribution in [0, 0.1) is 42.2 Å². The number of aliphatic hydroxyl groups excluding tert-OH is 1. The third kappa shape index (κ3) is 20.1. The van der Waals surface area contributed by atoms with E-state index in [-0.39, 0.29) is 88.4 Å². The fourth-order valence-electron chi connectivity index (χ4n) is 16.9. The van der Waals surface area contributed by atoms with Gasteiger partial charge in [0.1, 0.15) is 95.6 Å². The Morgan fingerprint density at radius 3 is 1.17 bits per heavy atom. The molecular formula is C91H86F8N24O6S4. The molecule has 0 saturated carbocycles. The van der Waals surface area contributed by atoms with Crippen molar-refractivity contribution in [2.45, 2.75) is 142 Å². The van der Waals surface area contributed by atoms with Gasteiger partial charge in [-0.1, -0.05) is 66.7 Å². The molecule has 1 N–H and O–H groups in total. The van der Waals surface area contributed by atoms with Crippen LogP contribution in [0.15, 0.2) is 144 Å². The number of aliphatic hydroxyl groups is 1. The van der Waals surface area contributed by atoms with Crippen molar-refractivity contribution in [1.82, 2.24) is 118 Å². The molecule has 16 heterocycles. The zero-order chi connectivity index (χ0) is 93.2. The van der Waals surface area contributed by atoms with E-state index >= 15 is 0 Å². The molecule has 0 amide bonds. The molecule has 4 aliphatic heterocycles. The molecule has 0 radical (unpaired) electrons. The van der Waals surface area contributed by atoms with Gasteiger partial charge in [-0.2, -0.15) is 40.8 Å². The Labute approximate surface area is 770 Å². The highest BCUT2D eigenvalue weighted by Gasteiger charge is 2.36. The molecule has 5 unspecified atom stereocenters. The molecule has 42 heteroatoms. The summed E-state index contributed by atoms with van der Waals surface area (Å²) in [5.74, 6) is 5.37. The number of benzene rings is 4. The molecule has 0 aliphatic carbocycles. The van der Waals surface area contributed by atoms with E-state index in [0.29, 0.717) is 164 Å². The van der Waals surface area contributed by atoms with Gasteiger partial charge in [-0.25, -0.2) is 93.7 Å². The van der Waals surface area contributed by atoms with Crippen molar-refractivity contribution in [3.63, 3.8) is 0 Å². The number of halogens is 8. The van der Waals surface area contributed by atoms with E-state index in [1.54, 1.807) is 92.8 Å². The molecule has 686 valence electrons. The summed E-state index contributed by atoms with van der Waals surface area (Å²) in [6, 6.07) is 30.0. The molecular weight excluding hydrogens is 1810 g/mol. The van der Waals surface area contributed by atoms with Crippen LogP contribution in [0.2, 0.25) is 0 Å². The SMILES string of the molecule is COc1ccccc1-c1nc2n(n1)CCC(CC(=O)c1c(-c3nc(C(F)F)cs3)cnn1C)C2.Cc1nc(-c2cnn(C)c2C(=O)CC2CCn3nc(-c4ccccc4)nc3C2)c(C(C)O)s1.Cn1ncc(-c2nc(C(F)F)cs2)c1C(=O)CC1CCn2nc(-c3cccc(F)c3)nc2C1.Cn1ncc(-c2nc(C(F)F)cs2)c1C(=O)CC1CCn2nc(-c3ccccc3F)nc2C1. The highest BCUT2D eigenvalue weighted by atomic mass is 32.1. The number of nitrogens with zero attached hydrogens (tertiary/aromatic N) is 24. The Balaban J connectivity index is 0.000000124. The Hall–Kier alpha value is -13.3. The van der Waals surface area contributed by atoms with Gasteiger partial charge in [0.2, 0.25) is 0 Å². The van der Waals surface area contributed by atoms with E-state index in [4.69, 9.17) is 14.7 Å². The van der Waals surface area contributed by atoms with Gasteiger partial charge in [-0.05, 0) is 99.6 Å². The van der Waals surface area contributed by atoms with Gasteiger partial charge in [0, 0.05) is 133 Å². The molecule has 0 spiro atoms. The van der Waals surface area contributed by atoms with Gasteiger partial charge >= 0.3 is 0 Å². The van der Waals surface area contributed by atoms with Crippen molar-refractivity contribution in [2.24, 2.45) is 51.9 Å². The highest BCUT2D eigenvalue weighted by Crippen LogP contribution is 2.41. The lowest BCUT2D eigenvalue weighted by Crippen LogP contribution is -2.23. The average molecular weight is 1890 g/mol. The van der Waals surface area contributed by atoms with Crippen molar-refractivity contribution in [3.05, 3.63) is 229 Å². The average Bonchev–Trinajstić information content (AvgIpc) is 1.63. The number of carbonyl (C=O) groups is 4. The molecule has 20 rings (SSSR count). The van der Waals surface area contributed by atoms with Gasteiger partial charge in [-0.15, -0.1) is 45.3 Å². The first-order valence-electron chi connectivity index (χ1n) is 42.7. The smallest absolute Gasteiger partial charge is 0.281 e. The summed E-state index contributed by atoms with van der Waals surface area (Å²) in [6.45, 7) is 6.23. The van der Waals surface area contributed by atoms with Crippen LogP contribution in [0.5, 0.6) is 5.75 Å². The summed E-state index contributed by atoms with van der Waals surface area (Å²) in [5, 5.41) is 51.1. The number of carbonyl (C=O) groups excluding carboxylic acids is 4. The number of thiazole rings is 4. The minimum Gasteiger partial charge on any atom is -0.496 e. The monoisotopic (exact) mass is 1890 g/mol. The summed E-state index contributed by atoms with van der Waals surface area (Å²) >= 11 is 4.67. The standard InChI is InChI=1S/C24H26N6O2S.C23H22F2N6O2S.2C22H19F3N6OS/c1-14(31)23-21(26-15(2)33-23)18-13-25-29(3)22(18)19(32)11-16-9-10-30-20(12-16)27-24(28-30)17-7-5-4-6-8-17;1-30-20(15(11-26-30)23-27-16(12-34-23)21(24)25)17(32)9-13-7-8-31-19(10-13)28-22(29-31)14-5-3-4-6-18(14)33-2;1-30-19(15(10-26-30)22-27-16(11-33-22)20(24)25)17(32)7-12-5-6-31-18(8-12)28-21(29-31)13-3-2-4-14(23)9-13;1-30-19(14(10-26-30)22-27-16(11-33-22)20(24)25)17(32)8-12-6-7-31-18(9-12)28-21(29-31)13-4-2-3-5-15(13)23/h4-8,13-14,16,31H,9-12H2,1-3H3;3-6,11-13,21H,7-10H2,1-2H3;2-4,9-12,20H,5-8H2,1H3;2-5,10-12,20H,6-9H2,1H3. The second-order valence-electron chi connectivity index (χ2n) is 32.7. The predicted molar refractivity (Wildman–Crippen MR) is 479 cm³/mol. The first-order chi connectivity index (χ1) is 64.1. The van der Waals surface area contributed by atoms with Crippen LogP contribution in [0.3, 0.4) is 0 Å². The minimum absolute atomic E-state index is 0.0262. The Morgan fingerprint density at radius 2 is 0.782 bits per heavy atom. The fraction of sp³-hybridized carbons (Fsp3) is 0.341. The first-order valence-corrected chi connectivity index (χ1v) is 46.1. The van der Waals surface area contributed by atoms with Crippen molar-refractivity contribution in [3.8, 4) is 94.3 Å². The Morgan fingerprint density at radius 1 is 0.429 bits per heavy atom. The van der Waals surface area contributed by atoms with E-state index in [1.165, 1.54) is 78.3 Å². The number of fused-ring (bicyclic) bond motifs is 4. The number of Topliss-reactive ketones (excluding diaryl/α,β-unsaturated/α-hetero) is 4. The van der Waals surface area contributed by atoms with Crippen molar-refractivity contribution < 1.29 is 64.1 Å². The molecule has 4 aliphatic rings. The van der Waals surface area contributed by atoms with E-state index in [2.05, 4.69) is 70.7 Å². The molecule has 0 bridgehead atoms. The van der Waals surface area contributed by atoms with Crippen LogP contribution in [0.4, 0.5) is 35.1 Å². The predicted octanol–water partition coefficient (Wildman–Crippen LogP) is 18.0. The molecule has 30 nitrogen and oxygen atoms in total. The van der Waals surface area contributed by atoms with Gasteiger partial charge in [0.15, 0.2) is 46.4 Å². The van der Waals surface area contributed by atoms with E-state index in [0.717, 1.165) is 111 Å². The number of hydrogen-bond acceptors (Lipinski definition) is 26. The number of aryl methyl sites for hydroxylation is 9. The topological polar surface area (TPSA) is 343 Å². The van der Waals surface area contributed by atoms with Crippen molar-refractivity contribution in [2.75, 3.05) is 7.11 Å². The summed E-state index contributed by atoms with van der Waals surface area (Å²) in [5.41, 5.74) is 6.26. The zero-order valence-electron chi connectivity index (χ0n) is 72.7. The molecule has 16 aromatic rings. The maximum absolute atomic E-state index is 14.1. The van der Waals surface area contributed by atoms with Crippen LogP contribution in [0.25, 0.3) is 88.5 Å². The second-order valence-corrected chi connectivity index (χ2v) is 36.5. The van der Waals surface area contributed by atoms with Crippen LogP contribution < -0.4 is 4.74 Å². The number of methoxy groups -OCH3 is 1. The summed E-state index contributed by atoms with van der Waals surface area (Å²) in [4.78, 5) is 88.9. The lowest BCUT2D eigenvalue weighted by molar-refractivity contribution is 0.0935. The number of aromatic nitrogens is 24. The maximum atomic E-state index is 14.1. The van der Waals surface area contributed by atoms with Crippen molar-refractivity contribution in [1.29, 1.82) is 0 Å². The van der Waals surface area contributed by atoms with Gasteiger partial charge < -0.3 is 9.84 Å². The molecule has 0 saturated heterocycles. The third-order valence-corrected chi connectivity index (χ3v) is 27.3. The van der Waals surface area contributed by atoms with Crippen LogP contribution >= 0.6 is 45.3 Å². The van der Waals surface area contributed by atoms with Gasteiger partial charge in [-0.3, -0.25) is 37.9 Å². The molecule has 4 aromatic carbocycles. The zero-order valence-corrected chi connectivity index (χ0v) is 75.9. The quantitative estimate of drug-likeness (QED) is 0.0410. The first kappa shape index (κ1) is 91.6. The molecule has 133 heavy (non-hydrogen) atoms. The normalized spacial score (nSPS) is 15.9. The molecule has 12 aromatic heterocycles. The van der Waals surface area contributed by atoms with Crippen LogP contribution in [0.1, 0.15) is 176 Å². The van der Waals surface area contributed by atoms with E-state index < -0.39 is 25.4 Å². The fourth-order valence-corrected chi connectivity index (χ4v) is 20.3. The largest absolute Gasteiger partial charge is 0.496 e. The number of hydrogen-bond donors (Lipinski definition) is 1. The number of ether oxygens (including phenoxy) is 1. The highest BCUT2D eigenvalue weighted by molar-refractivity contribution is 7.14. The lowest BCUT2D eigenvalue weighted by atomic mass is 9.90. The number of ketones is 4. The molecule has 5 atom stereocenters. The summed E-state index contributed by atoms with van der Waals surface area (Å²) in [7, 11) is 8.37. The lowest BCUT2D eigenvalue weighted by Gasteiger charge is -2.21. The Kier molecular flexibility index (Phi) is 27.3. The summed E-state index contributed by atoms with van der Waals surface area (Å²) in [6.07, 6.45) is 4.31. The van der Waals surface area contributed by atoms with Gasteiger partial charge in [0.05, 0.1) is 87.0 Å². The van der Waals surface area contributed by atoms with Crippen LogP contribution in [-0.4, -0.2) is 153 Å². The van der Waals surface area contributed by atoms with Crippen molar-refractivity contribution >= 4 is 68.5 Å². The summed E-state index contributed by atoms with van der Waals surface area (Å²) < 4.78 is 124. The number of alkyl halides is 6. The molecule has 0 fully saturated rings. The number of rotatable bonds is 25. The number of para-hydroxylation sites is 1. The van der Waals surface area contributed by atoms with Crippen LogP contribution in [-0.2, 0) is 80.1 Å². The van der Waals surface area contributed by atoms with E-state index in [9.17, 15) is 59.4 Å². The second kappa shape index (κ2) is 39.6. The van der Waals surface area contributed by atoms with E-state index in [1.807, 2.05) is 70.9 Å². The van der Waals surface area contributed by atoms with Gasteiger partial charge in [0.25, 0.3) is 19.3 Å². The maximum Gasteiger partial charge on any atom is 0.281 e. The minimum atomic E-state index is -2.67. The Bertz CT molecular complexity index is 6930. The third-order valence-electron chi connectivity index (χ3n) is 23.5.